The average Bonchev–Trinajstić information content (AvgIpc) is 2.74. The third kappa shape index (κ3) is 2.05. The van der Waals surface area contributed by atoms with Crippen molar-refractivity contribution in [2.75, 3.05) is 5.32 Å². The van der Waals surface area contributed by atoms with Crippen molar-refractivity contribution < 1.29 is 4.39 Å². The highest BCUT2D eigenvalue weighted by molar-refractivity contribution is 5.44. The lowest BCUT2D eigenvalue weighted by atomic mass is 9.93. The smallest absolute Gasteiger partial charge is 0.170 e. The van der Waals surface area contributed by atoms with Crippen molar-refractivity contribution in [2.24, 2.45) is 0 Å². The Morgan fingerprint density at radius 2 is 2.17 bits per heavy atom. The first kappa shape index (κ1) is 11.1. The van der Waals surface area contributed by atoms with E-state index in [0.29, 0.717) is 18.3 Å². The maximum Gasteiger partial charge on any atom is 0.170 e. The number of rotatable bonds is 4. The Labute approximate surface area is 104 Å². The predicted octanol–water partition coefficient (Wildman–Crippen LogP) is 2.15. The molecule has 94 valence electrons. The van der Waals surface area contributed by atoms with E-state index in [1.165, 1.54) is 12.5 Å². The van der Waals surface area contributed by atoms with Crippen LogP contribution in [0.3, 0.4) is 0 Å². The molecule has 1 N–H and O–H groups in total. The minimum atomic E-state index is -0.264. The molecule has 0 aliphatic heterocycles. The molecule has 0 bridgehead atoms. The van der Waals surface area contributed by atoms with Crippen LogP contribution in [-0.2, 0) is 6.54 Å². The molecule has 0 amide bonds. The van der Waals surface area contributed by atoms with Crippen LogP contribution in [0.4, 0.5) is 10.1 Å². The summed E-state index contributed by atoms with van der Waals surface area (Å²) in [6, 6.07) is 7.00. The van der Waals surface area contributed by atoms with Gasteiger partial charge in [0, 0.05) is 0 Å². The highest BCUT2D eigenvalue weighted by atomic mass is 19.1. The summed E-state index contributed by atoms with van der Waals surface area (Å²) in [7, 11) is 0. The van der Waals surface area contributed by atoms with Crippen LogP contribution >= 0.6 is 0 Å². The molecule has 1 aliphatic rings. The van der Waals surface area contributed by atoms with E-state index in [9.17, 15) is 4.39 Å². The van der Waals surface area contributed by atoms with E-state index < -0.39 is 0 Å². The van der Waals surface area contributed by atoms with Gasteiger partial charge in [-0.3, -0.25) is 0 Å². The molecule has 1 heterocycles. The fraction of sp³-hybridized carbons (Fsp3) is 0.417. The number of benzene rings is 1. The highest BCUT2D eigenvalue weighted by Crippen LogP contribution is 2.31. The number of aromatic nitrogens is 4. The highest BCUT2D eigenvalue weighted by Gasteiger charge is 2.23. The number of para-hydroxylation sites is 1. The predicted molar refractivity (Wildman–Crippen MR) is 64.4 cm³/mol. The van der Waals surface area contributed by atoms with Gasteiger partial charge in [0.15, 0.2) is 5.82 Å². The SMILES string of the molecule is Fc1ccccc1NCc1nnnn1C1CCC1. The Balaban J connectivity index is 1.70. The van der Waals surface area contributed by atoms with Gasteiger partial charge in [0.25, 0.3) is 0 Å². The Hall–Kier alpha value is -1.98. The fourth-order valence-corrected chi connectivity index (χ4v) is 2.02. The van der Waals surface area contributed by atoms with E-state index in [-0.39, 0.29) is 5.82 Å². The lowest BCUT2D eigenvalue weighted by Crippen LogP contribution is -2.21. The van der Waals surface area contributed by atoms with Crippen molar-refractivity contribution in [1.29, 1.82) is 0 Å². The van der Waals surface area contributed by atoms with Gasteiger partial charge in [0.1, 0.15) is 5.82 Å². The molecule has 3 rings (SSSR count). The number of hydrogen-bond acceptors (Lipinski definition) is 4. The van der Waals surface area contributed by atoms with Gasteiger partial charge < -0.3 is 5.32 Å². The number of halogens is 1. The van der Waals surface area contributed by atoms with Crippen LogP contribution in [0.25, 0.3) is 0 Å². The largest absolute Gasteiger partial charge is 0.375 e. The summed E-state index contributed by atoms with van der Waals surface area (Å²) in [6.07, 6.45) is 3.47. The molecule has 0 spiro atoms. The van der Waals surface area contributed by atoms with Gasteiger partial charge in [-0.05, 0) is 41.8 Å². The van der Waals surface area contributed by atoms with Crippen LogP contribution < -0.4 is 5.32 Å². The summed E-state index contributed by atoms with van der Waals surface area (Å²) in [5.74, 6) is 0.489. The average molecular weight is 247 g/mol. The number of nitrogens with one attached hydrogen (secondary N) is 1. The topological polar surface area (TPSA) is 55.6 Å². The number of nitrogens with zero attached hydrogens (tertiary/aromatic N) is 4. The van der Waals surface area contributed by atoms with Gasteiger partial charge in [-0.1, -0.05) is 12.1 Å². The van der Waals surface area contributed by atoms with Crippen molar-refractivity contribution in [3.05, 3.63) is 35.9 Å². The molecule has 1 fully saturated rings. The van der Waals surface area contributed by atoms with E-state index in [1.54, 1.807) is 18.2 Å². The number of tetrazole rings is 1. The second-order valence-electron chi connectivity index (χ2n) is 4.46. The van der Waals surface area contributed by atoms with Crippen LogP contribution in [-0.4, -0.2) is 20.2 Å². The third-order valence-electron chi connectivity index (χ3n) is 3.29. The van der Waals surface area contributed by atoms with Gasteiger partial charge in [-0.25, -0.2) is 9.07 Å². The summed E-state index contributed by atoms with van der Waals surface area (Å²) in [5, 5.41) is 14.7. The van der Waals surface area contributed by atoms with Crippen molar-refractivity contribution in [1.82, 2.24) is 20.2 Å². The quantitative estimate of drug-likeness (QED) is 0.899. The van der Waals surface area contributed by atoms with Crippen LogP contribution in [0.15, 0.2) is 24.3 Å². The molecule has 1 saturated carbocycles. The van der Waals surface area contributed by atoms with Gasteiger partial charge in [0.2, 0.25) is 0 Å². The molecule has 18 heavy (non-hydrogen) atoms. The van der Waals surface area contributed by atoms with E-state index in [1.807, 2.05) is 4.68 Å². The van der Waals surface area contributed by atoms with Crippen LogP contribution in [0.5, 0.6) is 0 Å². The summed E-state index contributed by atoms with van der Waals surface area (Å²) < 4.78 is 15.3. The zero-order valence-corrected chi connectivity index (χ0v) is 9.88. The summed E-state index contributed by atoms with van der Waals surface area (Å²) in [5.41, 5.74) is 0.473. The van der Waals surface area contributed by atoms with Gasteiger partial charge in [-0.15, -0.1) is 5.10 Å². The maximum absolute atomic E-state index is 13.4. The molecule has 0 atom stereocenters. The lowest BCUT2D eigenvalue weighted by molar-refractivity contribution is 0.278. The molecule has 1 aliphatic carbocycles. The Morgan fingerprint density at radius 3 is 2.89 bits per heavy atom. The number of hydrogen-bond donors (Lipinski definition) is 1. The summed E-state index contributed by atoms with van der Waals surface area (Å²) in [4.78, 5) is 0. The van der Waals surface area contributed by atoms with Gasteiger partial charge in [0.05, 0.1) is 18.3 Å². The minimum Gasteiger partial charge on any atom is -0.375 e. The van der Waals surface area contributed by atoms with Crippen molar-refractivity contribution in [3.8, 4) is 0 Å². The normalized spacial score (nSPS) is 15.4. The Morgan fingerprint density at radius 1 is 1.33 bits per heavy atom. The third-order valence-corrected chi connectivity index (χ3v) is 3.29. The van der Waals surface area contributed by atoms with Crippen LogP contribution in [0.2, 0.25) is 0 Å². The standard InChI is InChI=1S/C12H14FN5/c13-10-6-1-2-7-11(10)14-8-12-15-16-17-18(12)9-4-3-5-9/h1-2,6-7,9,14H,3-5,8H2. The molecule has 1 aromatic heterocycles. The van der Waals surface area contributed by atoms with Crippen molar-refractivity contribution in [3.63, 3.8) is 0 Å². The first-order valence-corrected chi connectivity index (χ1v) is 6.10. The molecule has 0 unspecified atom stereocenters. The fourth-order valence-electron chi connectivity index (χ4n) is 2.02. The second-order valence-corrected chi connectivity index (χ2v) is 4.46. The monoisotopic (exact) mass is 247 g/mol. The van der Waals surface area contributed by atoms with Crippen molar-refractivity contribution in [2.45, 2.75) is 31.8 Å². The van der Waals surface area contributed by atoms with Crippen LogP contribution in [0.1, 0.15) is 31.1 Å². The lowest BCUT2D eigenvalue weighted by Gasteiger charge is -2.25. The molecule has 6 heteroatoms. The first-order chi connectivity index (χ1) is 8.84. The molecular weight excluding hydrogens is 233 g/mol. The van der Waals surface area contributed by atoms with Gasteiger partial charge in [-0.2, -0.15) is 0 Å². The van der Waals surface area contributed by atoms with E-state index in [2.05, 4.69) is 20.8 Å². The second kappa shape index (κ2) is 4.72. The maximum atomic E-state index is 13.4. The zero-order chi connectivity index (χ0) is 12.4. The molecule has 1 aromatic carbocycles. The Bertz CT molecular complexity index is 535. The van der Waals surface area contributed by atoms with E-state index in [0.717, 1.165) is 18.7 Å². The molecule has 0 saturated heterocycles. The van der Waals surface area contributed by atoms with E-state index in [4.69, 9.17) is 0 Å². The molecule has 0 radical (unpaired) electrons. The minimum absolute atomic E-state index is 0.264. The first-order valence-electron chi connectivity index (χ1n) is 6.10. The molecular formula is C12H14FN5. The van der Waals surface area contributed by atoms with Crippen molar-refractivity contribution >= 4 is 5.69 Å². The van der Waals surface area contributed by atoms with Gasteiger partial charge >= 0.3 is 0 Å². The zero-order valence-electron chi connectivity index (χ0n) is 9.88. The van der Waals surface area contributed by atoms with Crippen LogP contribution in [0, 0.1) is 5.82 Å². The molecule has 2 aromatic rings. The number of anilines is 1. The Kier molecular flexibility index (Phi) is 2.92. The molecule has 5 nitrogen and oxygen atoms in total. The summed E-state index contributed by atoms with van der Waals surface area (Å²) in [6.45, 7) is 0.435. The van der Waals surface area contributed by atoms with E-state index >= 15 is 0 Å². The summed E-state index contributed by atoms with van der Waals surface area (Å²) >= 11 is 0.